The molecule has 0 aliphatic rings. The van der Waals surface area contributed by atoms with Gasteiger partial charge in [-0.05, 0) is 42.0 Å². The Morgan fingerprint density at radius 2 is 1.88 bits per heavy atom. The summed E-state index contributed by atoms with van der Waals surface area (Å²) < 4.78 is 68.6. The van der Waals surface area contributed by atoms with E-state index in [0.29, 0.717) is 22.3 Å². The van der Waals surface area contributed by atoms with E-state index in [1.807, 2.05) is 0 Å². The first kappa shape index (κ1) is 23.3. The fourth-order valence-electron chi connectivity index (χ4n) is 3.68. The second kappa shape index (κ2) is 8.80. The number of anilines is 1. The molecule has 8 nitrogen and oxygen atoms in total. The maximum atomic E-state index is 13.5. The second-order valence-corrected chi connectivity index (χ2v) is 7.85. The number of carbonyl (C=O) groups excluding carboxylic acids is 1. The minimum Gasteiger partial charge on any atom is -0.364 e. The molecule has 12 heteroatoms. The van der Waals surface area contributed by atoms with Crippen LogP contribution in [0.3, 0.4) is 0 Å². The Bertz CT molecular complexity index is 1470. The third-order valence-electron chi connectivity index (χ3n) is 5.14. The molecule has 0 fully saturated rings. The molecule has 0 saturated heterocycles. The molecule has 0 unspecified atom stereocenters. The molecule has 0 saturated carbocycles. The van der Waals surface area contributed by atoms with Crippen molar-refractivity contribution in [3.8, 4) is 16.8 Å². The van der Waals surface area contributed by atoms with E-state index in [0.717, 1.165) is 23.5 Å². The van der Waals surface area contributed by atoms with Crippen LogP contribution in [0.25, 0.3) is 27.7 Å². The summed E-state index contributed by atoms with van der Waals surface area (Å²) in [7, 11) is -1.77. The van der Waals surface area contributed by atoms with E-state index in [2.05, 4.69) is 9.27 Å². The van der Waals surface area contributed by atoms with Crippen molar-refractivity contribution in [3.05, 3.63) is 78.2 Å². The Labute approximate surface area is 193 Å². The number of nitrogens with two attached hydrogens (primary N) is 1. The summed E-state index contributed by atoms with van der Waals surface area (Å²) in [5, 5.41) is 1.62. The molecule has 0 aliphatic heterocycles. The number of pyridine rings is 1. The van der Waals surface area contributed by atoms with E-state index < -0.39 is 28.6 Å². The standard InChI is InChI=1S/C22H17F3N4O4S/c1-28(33-34(31)32)15-6-5-14-10-20(21(26)30)29(19(14)11-15)16-4-2-3-13(9-16)17-12-27-8-7-18(17)22(23,24)25/h2-12,34H,1H3,(H2,26,30). The number of hydrogen-bond acceptors (Lipinski definition) is 6. The lowest BCUT2D eigenvalue weighted by Gasteiger charge is -2.16. The topological polar surface area (TPSA) is 108 Å². The van der Waals surface area contributed by atoms with Gasteiger partial charge < -0.3 is 10.3 Å². The van der Waals surface area contributed by atoms with Gasteiger partial charge >= 0.3 is 6.18 Å². The highest BCUT2D eigenvalue weighted by Gasteiger charge is 2.33. The second-order valence-electron chi connectivity index (χ2n) is 7.24. The van der Waals surface area contributed by atoms with Gasteiger partial charge in [-0.1, -0.05) is 18.2 Å². The van der Waals surface area contributed by atoms with Gasteiger partial charge in [-0.15, -0.1) is 0 Å². The van der Waals surface area contributed by atoms with E-state index in [-0.39, 0.29) is 16.8 Å². The molecule has 0 spiro atoms. The number of hydroxylamine groups is 1. The first-order valence-electron chi connectivity index (χ1n) is 9.70. The van der Waals surface area contributed by atoms with Crippen molar-refractivity contribution < 1.29 is 30.7 Å². The van der Waals surface area contributed by atoms with Crippen molar-refractivity contribution in [1.82, 2.24) is 9.55 Å². The van der Waals surface area contributed by atoms with E-state index in [4.69, 9.17) is 5.73 Å². The first-order valence-corrected chi connectivity index (χ1v) is 10.8. The summed E-state index contributed by atoms with van der Waals surface area (Å²) in [6.07, 6.45) is -2.40. The van der Waals surface area contributed by atoms with Gasteiger partial charge in [0.25, 0.3) is 16.9 Å². The number of rotatable bonds is 6. The minimum atomic E-state index is -4.59. The average molecular weight is 490 g/mol. The number of nitrogens with zero attached hydrogens (tertiary/aromatic N) is 3. The smallest absolute Gasteiger partial charge is 0.364 e. The Hall–Kier alpha value is -3.90. The molecule has 0 radical (unpaired) electrons. The van der Waals surface area contributed by atoms with Crippen LogP contribution in [0.5, 0.6) is 0 Å². The van der Waals surface area contributed by atoms with Crippen LogP contribution in [0.4, 0.5) is 18.9 Å². The van der Waals surface area contributed by atoms with Gasteiger partial charge in [-0.25, -0.2) is 13.5 Å². The van der Waals surface area contributed by atoms with Crippen molar-refractivity contribution in [2.75, 3.05) is 12.1 Å². The fourth-order valence-corrected chi connectivity index (χ4v) is 3.97. The lowest BCUT2D eigenvalue weighted by molar-refractivity contribution is -0.137. The molecule has 2 aromatic heterocycles. The predicted octanol–water partition coefficient (Wildman–Crippen LogP) is 3.70. The molecule has 1 amide bonds. The molecule has 2 aromatic carbocycles. The number of amides is 1. The molecule has 2 heterocycles. The summed E-state index contributed by atoms with van der Waals surface area (Å²) in [5.74, 6) is -0.757. The number of thiol groups is 1. The normalized spacial score (nSPS) is 11.8. The van der Waals surface area contributed by atoms with Gasteiger partial charge in [0, 0.05) is 36.1 Å². The summed E-state index contributed by atoms with van der Waals surface area (Å²) in [6.45, 7) is 0. The van der Waals surface area contributed by atoms with Crippen molar-refractivity contribution in [2.24, 2.45) is 5.73 Å². The molecular formula is C22H17F3N4O4S. The highest BCUT2D eigenvalue weighted by atomic mass is 32.2. The van der Waals surface area contributed by atoms with Crippen molar-refractivity contribution >= 4 is 33.5 Å². The van der Waals surface area contributed by atoms with Crippen LogP contribution in [-0.2, 0) is 21.4 Å². The van der Waals surface area contributed by atoms with Gasteiger partial charge in [0.15, 0.2) is 0 Å². The maximum absolute atomic E-state index is 13.5. The van der Waals surface area contributed by atoms with Crippen LogP contribution in [0.15, 0.2) is 67.0 Å². The Morgan fingerprint density at radius 3 is 2.56 bits per heavy atom. The molecule has 0 atom stereocenters. The van der Waals surface area contributed by atoms with Crippen molar-refractivity contribution in [1.29, 1.82) is 0 Å². The van der Waals surface area contributed by atoms with Gasteiger partial charge in [-0.2, -0.15) is 17.5 Å². The molecular weight excluding hydrogens is 473 g/mol. The number of primary amides is 1. The summed E-state index contributed by atoms with van der Waals surface area (Å²) >= 11 is 0. The minimum absolute atomic E-state index is 0.0880. The summed E-state index contributed by atoms with van der Waals surface area (Å²) in [5.41, 5.74) is 6.11. The quantitative estimate of drug-likeness (QED) is 0.315. The monoisotopic (exact) mass is 490 g/mol. The zero-order valence-electron chi connectivity index (χ0n) is 17.5. The third kappa shape index (κ3) is 4.45. The highest BCUT2D eigenvalue weighted by Crippen LogP contribution is 2.37. The molecule has 0 bridgehead atoms. The zero-order chi connectivity index (χ0) is 24.6. The van der Waals surface area contributed by atoms with Crippen molar-refractivity contribution in [3.63, 3.8) is 0 Å². The molecule has 34 heavy (non-hydrogen) atoms. The third-order valence-corrected chi connectivity index (χ3v) is 5.51. The van der Waals surface area contributed by atoms with Crippen LogP contribution in [0.1, 0.15) is 16.1 Å². The molecule has 176 valence electrons. The van der Waals surface area contributed by atoms with E-state index >= 15 is 0 Å². The fraction of sp³-hybridized carbons (Fsp3) is 0.0909. The number of benzene rings is 2. The molecule has 4 aromatic rings. The Morgan fingerprint density at radius 1 is 1.12 bits per heavy atom. The number of carbonyl (C=O) groups is 1. The Kier molecular flexibility index (Phi) is 6.02. The predicted molar refractivity (Wildman–Crippen MR) is 120 cm³/mol. The van der Waals surface area contributed by atoms with Crippen LogP contribution in [0, 0.1) is 0 Å². The van der Waals surface area contributed by atoms with Gasteiger partial charge in [0.05, 0.1) is 16.8 Å². The van der Waals surface area contributed by atoms with Gasteiger partial charge in [-0.3, -0.25) is 9.78 Å². The molecule has 4 rings (SSSR count). The van der Waals surface area contributed by atoms with E-state index in [9.17, 15) is 26.4 Å². The number of hydrogen-bond donors (Lipinski definition) is 2. The SMILES string of the molecule is CN(O[SH](=O)=O)c1ccc2cc(C(N)=O)n(-c3cccc(-c4cnccc4C(F)(F)F)c3)c2c1. The largest absolute Gasteiger partial charge is 0.417 e. The van der Waals surface area contributed by atoms with E-state index in [1.165, 1.54) is 29.8 Å². The average Bonchev–Trinajstić information content (AvgIpc) is 3.17. The lowest BCUT2D eigenvalue weighted by Crippen LogP contribution is -2.17. The zero-order valence-corrected chi connectivity index (χ0v) is 18.4. The number of aromatic nitrogens is 2. The van der Waals surface area contributed by atoms with Crippen LogP contribution >= 0.6 is 0 Å². The summed E-state index contributed by atoms with van der Waals surface area (Å²) in [4.78, 5) is 16.0. The van der Waals surface area contributed by atoms with Gasteiger partial charge in [0.2, 0.25) is 0 Å². The van der Waals surface area contributed by atoms with Gasteiger partial charge in [0.1, 0.15) is 5.69 Å². The molecule has 2 N–H and O–H groups in total. The molecule has 0 aliphatic carbocycles. The summed E-state index contributed by atoms with van der Waals surface area (Å²) in [6, 6.07) is 13.4. The van der Waals surface area contributed by atoms with Crippen molar-refractivity contribution in [2.45, 2.75) is 6.18 Å². The van der Waals surface area contributed by atoms with Crippen LogP contribution < -0.4 is 10.8 Å². The highest BCUT2D eigenvalue weighted by molar-refractivity contribution is 7.67. The first-order chi connectivity index (χ1) is 16.1. The number of fused-ring (bicyclic) bond motifs is 1. The maximum Gasteiger partial charge on any atom is 0.417 e. The number of halogens is 3. The number of alkyl halides is 3. The van der Waals surface area contributed by atoms with Crippen LogP contribution in [-0.4, -0.2) is 30.9 Å². The van der Waals surface area contributed by atoms with Crippen LogP contribution in [0.2, 0.25) is 0 Å². The Balaban J connectivity index is 1.92. The lowest BCUT2D eigenvalue weighted by atomic mass is 10.0. The van der Waals surface area contributed by atoms with E-state index in [1.54, 1.807) is 30.3 Å².